The van der Waals surface area contributed by atoms with Gasteiger partial charge in [-0.2, -0.15) is 5.26 Å². The third-order valence-corrected chi connectivity index (χ3v) is 6.23. The first-order valence-corrected chi connectivity index (χ1v) is 10.1. The van der Waals surface area contributed by atoms with Crippen molar-refractivity contribution >= 4 is 5.91 Å². The van der Waals surface area contributed by atoms with E-state index < -0.39 is 5.41 Å². The van der Waals surface area contributed by atoms with Gasteiger partial charge in [-0.25, -0.2) is 0 Å². The van der Waals surface area contributed by atoms with Gasteiger partial charge in [-0.3, -0.25) is 9.69 Å². The molecule has 1 saturated carbocycles. The fourth-order valence-corrected chi connectivity index (χ4v) is 4.39. The van der Waals surface area contributed by atoms with Crippen LogP contribution in [0.2, 0.25) is 0 Å². The minimum atomic E-state index is -0.811. The van der Waals surface area contributed by atoms with E-state index in [2.05, 4.69) is 41.4 Å². The van der Waals surface area contributed by atoms with E-state index in [0.29, 0.717) is 25.4 Å². The first-order chi connectivity index (χ1) is 12.6. The first-order valence-electron chi connectivity index (χ1n) is 10.1. The van der Waals surface area contributed by atoms with Crippen LogP contribution in [0, 0.1) is 16.7 Å². The summed E-state index contributed by atoms with van der Waals surface area (Å²) in [5.41, 5.74) is 1.65. The molecule has 2 fully saturated rings. The van der Waals surface area contributed by atoms with Crippen LogP contribution in [0.3, 0.4) is 0 Å². The molecule has 1 N–H and O–H groups in total. The zero-order valence-electron chi connectivity index (χ0n) is 16.0. The summed E-state index contributed by atoms with van der Waals surface area (Å²) in [7, 11) is 0. The third kappa shape index (κ3) is 4.27. The summed E-state index contributed by atoms with van der Waals surface area (Å²) >= 11 is 0. The molecular formula is C22H31N3O. The Balaban J connectivity index is 1.65. The van der Waals surface area contributed by atoms with Crippen LogP contribution >= 0.6 is 0 Å². The second-order valence-electron chi connectivity index (χ2n) is 8.02. The summed E-state index contributed by atoms with van der Waals surface area (Å²) in [4.78, 5) is 15.3. The van der Waals surface area contributed by atoms with Crippen molar-refractivity contribution in [2.75, 3.05) is 6.54 Å². The Hall–Kier alpha value is -1.86. The molecule has 2 aliphatic rings. The SMILES string of the molecule is CC1CCCCN1Cc1ccccc1CNC(=O)C1(C#N)CCCCC1. The number of rotatable bonds is 5. The maximum Gasteiger partial charge on any atom is 0.240 e. The van der Waals surface area contributed by atoms with E-state index in [1.165, 1.54) is 30.4 Å². The molecule has 1 aliphatic carbocycles. The van der Waals surface area contributed by atoms with Crippen LogP contribution in [0.25, 0.3) is 0 Å². The smallest absolute Gasteiger partial charge is 0.240 e. The summed E-state index contributed by atoms with van der Waals surface area (Å²) in [6.07, 6.45) is 8.34. The Morgan fingerprint density at radius 1 is 1.19 bits per heavy atom. The molecular weight excluding hydrogens is 322 g/mol. The largest absolute Gasteiger partial charge is 0.351 e. The van der Waals surface area contributed by atoms with Gasteiger partial charge in [0.1, 0.15) is 5.41 Å². The summed E-state index contributed by atoms with van der Waals surface area (Å²) < 4.78 is 0. The van der Waals surface area contributed by atoms with Gasteiger partial charge in [0.05, 0.1) is 6.07 Å². The fraction of sp³-hybridized carbons (Fsp3) is 0.636. The van der Waals surface area contributed by atoms with Gasteiger partial charge in [-0.15, -0.1) is 0 Å². The van der Waals surface area contributed by atoms with Gasteiger partial charge < -0.3 is 5.32 Å². The fourth-order valence-electron chi connectivity index (χ4n) is 4.39. The maximum absolute atomic E-state index is 12.7. The molecule has 1 unspecified atom stereocenters. The predicted octanol–water partition coefficient (Wildman–Crippen LogP) is 4.15. The van der Waals surface area contributed by atoms with Gasteiger partial charge in [0.25, 0.3) is 0 Å². The van der Waals surface area contributed by atoms with Crippen molar-refractivity contribution in [3.05, 3.63) is 35.4 Å². The molecule has 1 heterocycles. The highest BCUT2D eigenvalue weighted by Crippen LogP contribution is 2.36. The normalized spacial score (nSPS) is 23.2. The zero-order valence-corrected chi connectivity index (χ0v) is 16.0. The molecule has 4 heteroatoms. The molecule has 1 aromatic carbocycles. The lowest BCUT2D eigenvalue weighted by molar-refractivity contribution is -0.129. The average Bonchev–Trinajstić information content (AvgIpc) is 2.69. The van der Waals surface area contributed by atoms with E-state index in [-0.39, 0.29) is 5.91 Å². The predicted molar refractivity (Wildman–Crippen MR) is 103 cm³/mol. The average molecular weight is 354 g/mol. The standard InChI is InChI=1S/C22H31N3O/c1-18-9-5-8-14-25(18)16-20-11-4-3-10-19(20)15-24-21(26)22(17-23)12-6-2-7-13-22/h3-4,10-11,18H,2,5-9,12-16H2,1H3,(H,24,26). The second-order valence-corrected chi connectivity index (χ2v) is 8.02. The number of nitriles is 1. The lowest BCUT2D eigenvalue weighted by atomic mass is 9.74. The van der Waals surface area contributed by atoms with Gasteiger partial charge in [0.2, 0.25) is 5.91 Å². The van der Waals surface area contributed by atoms with E-state index in [1.54, 1.807) is 0 Å². The van der Waals surface area contributed by atoms with E-state index in [9.17, 15) is 10.1 Å². The van der Waals surface area contributed by atoms with Crippen molar-refractivity contribution in [2.24, 2.45) is 5.41 Å². The highest BCUT2D eigenvalue weighted by Gasteiger charge is 2.39. The van der Waals surface area contributed by atoms with Gasteiger partial charge in [0.15, 0.2) is 0 Å². The monoisotopic (exact) mass is 353 g/mol. The van der Waals surface area contributed by atoms with Crippen LogP contribution in [-0.4, -0.2) is 23.4 Å². The Morgan fingerprint density at radius 2 is 1.92 bits per heavy atom. The van der Waals surface area contributed by atoms with Crippen LogP contribution in [0.4, 0.5) is 0 Å². The summed E-state index contributed by atoms with van der Waals surface area (Å²) in [5, 5.41) is 12.7. The molecule has 0 aromatic heterocycles. The molecule has 1 atom stereocenters. The molecule has 0 radical (unpaired) electrons. The Bertz CT molecular complexity index is 658. The molecule has 1 aliphatic heterocycles. The lowest BCUT2D eigenvalue weighted by Crippen LogP contribution is -2.41. The zero-order chi connectivity index (χ0) is 18.4. The number of hydrogen-bond acceptors (Lipinski definition) is 3. The molecule has 1 saturated heterocycles. The highest BCUT2D eigenvalue weighted by molar-refractivity contribution is 5.85. The van der Waals surface area contributed by atoms with Crippen molar-refractivity contribution in [2.45, 2.75) is 77.4 Å². The van der Waals surface area contributed by atoms with Crippen LogP contribution in [0.15, 0.2) is 24.3 Å². The Labute approximate surface area is 157 Å². The molecule has 0 spiro atoms. The van der Waals surface area contributed by atoms with Crippen molar-refractivity contribution < 1.29 is 4.79 Å². The Morgan fingerprint density at radius 3 is 2.62 bits per heavy atom. The van der Waals surface area contributed by atoms with Gasteiger partial charge in [-0.1, -0.05) is 49.9 Å². The third-order valence-electron chi connectivity index (χ3n) is 6.23. The summed E-state index contributed by atoms with van der Waals surface area (Å²) in [6, 6.07) is 11.3. The van der Waals surface area contributed by atoms with Crippen LogP contribution in [-0.2, 0) is 17.9 Å². The number of benzene rings is 1. The lowest BCUT2D eigenvalue weighted by Gasteiger charge is -2.34. The molecule has 1 amide bonds. The Kier molecular flexibility index (Phi) is 6.32. The van der Waals surface area contributed by atoms with Gasteiger partial charge >= 0.3 is 0 Å². The topological polar surface area (TPSA) is 56.1 Å². The number of carbonyl (C=O) groups is 1. The molecule has 0 bridgehead atoms. The number of nitrogens with one attached hydrogen (secondary N) is 1. The number of likely N-dealkylation sites (tertiary alicyclic amines) is 1. The van der Waals surface area contributed by atoms with E-state index in [4.69, 9.17) is 0 Å². The van der Waals surface area contributed by atoms with E-state index in [0.717, 1.165) is 32.4 Å². The number of nitrogens with zero attached hydrogens (tertiary/aromatic N) is 2. The molecule has 3 rings (SSSR count). The maximum atomic E-state index is 12.7. The summed E-state index contributed by atoms with van der Waals surface area (Å²) in [5.74, 6) is -0.0826. The van der Waals surface area contributed by atoms with Crippen molar-refractivity contribution in [3.8, 4) is 6.07 Å². The van der Waals surface area contributed by atoms with Crippen LogP contribution < -0.4 is 5.32 Å². The van der Waals surface area contributed by atoms with Crippen LogP contribution in [0.1, 0.15) is 69.4 Å². The van der Waals surface area contributed by atoms with Gasteiger partial charge in [0, 0.05) is 19.1 Å². The minimum Gasteiger partial charge on any atom is -0.351 e. The summed E-state index contributed by atoms with van der Waals surface area (Å²) in [6.45, 7) is 4.92. The van der Waals surface area contributed by atoms with Crippen molar-refractivity contribution in [3.63, 3.8) is 0 Å². The second kappa shape index (κ2) is 8.68. The quantitative estimate of drug-likeness (QED) is 0.865. The van der Waals surface area contributed by atoms with Crippen molar-refractivity contribution in [1.82, 2.24) is 10.2 Å². The molecule has 4 nitrogen and oxygen atoms in total. The molecule has 1 aromatic rings. The van der Waals surface area contributed by atoms with E-state index in [1.807, 2.05) is 6.07 Å². The minimum absolute atomic E-state index is 0.0826. The number of hydrogen-bond donors (Lipinski definition) is 1. The number of piperidine rings is 1. The van der Waals surface area contributed by atoms with E-state index >= 15 is 0 Å². The first kappa shape index (κ1) is 18.9. The number of carbonyl (C=O) groups excluding carboxylic acids is 1. The molecule has 140 valence electrons. The van der Waals surface area contributed by atoms with Crippen molar-refractivity contribution in [1.29, 1.82) is 5.26 Å². The molecule has 26 heavy (non-hydrogen) atoms. The van der Waals surface area contributed by atoms with Crippen LogP contribution in [0.5, 0.6) is 0 Å². The van der Waals surface area contributed by atoms with Gasteiger partial charge in [-0.05, 0) is 50.3 Å². The highest BCUT2D eigenvalue weighted by atomic mass is 16.2. The number of amides is 1.